The van der Waals surface area contributed by atoms with Gasteiger partial charge in [-0.2, -0.15) is 5.10 Å². The smallest absolute Gasteiger partial charge is 0.354 e. The van der Waals surface area contributed by atoms with Crippen molar-refractivity contribution in [2.45, 2.75) is 39.7 Å². The van der Waals surface area contributed by atoms with E-state index in [-0.39, 0.29) is 11.1 Å². The number of aromatic nitrogens is 4. The van der Waals surface area contributed by atoms with Crippen molar-refractivity contribution in [2.75, 3.05) is 5.32 Å². The van der Waals surface area contributed by atoms with Crippen LogP contribution in [-0.2, 0) is 19.4 Å². The van der Waals surface area contributed by atoms with Crippen LogP contribution in [0, 0.1) is 5.41 Å². The molecular formula is C21H23N5O2. The van der Waals surface area contributed by atoms with Gasteiger partial charge in [0.2, 0.25) is 0 Å². The van der Waals surface area contributed by atoms with Crippen molar-refractivity contribution in [3.63, 3.8) is 0 Å². The summed E-state index contributed by atoms with van der Waals surface area (Å²) >= 11 is 0. The Kier molecular flexibility index (Phi) is 4.58. The first-order valence-corrected chi connectivity index (χ1v) is 9.36. The molecule has 4 rings (SSSR count). The predicted octanol–water partition coefficient (Wildman–Crippen LogP) is 3.69. The van der Waals surface area contributed by atoms with E-state index in [1.54, 1.807) is 18.5 Å². The molecule has 0 spiro atoms. The molecule has 0 amide bonds. The van der Waals surface area contributed by atoms with E-state index in [2.05, 4.69) is 39.3 Å². The molecule has 0 saturated carbocycles. The van der Waals surface area contributed by atoms with Gasteiger partial charge in [0, 0.05) is 35.8 Å². The molecule has 3 aromatic heterocycles. The fourth-order valence-corrected chi connectivity index (χ4v) is 3.65. The molecule has 0 fully saturated rings. The van der Waals surface area contributed by atoms with Gasteiger partial charge in [0.25, 0.3) is 0 Å². The maximum Gasteiger partial charge on any atom is 0.354 e. The normalized spacial score (nSPS) is 15.1. The van der Waals surface area contributed by atoms with Crippen molar-refractivity contribution in [2.24, 2.45) is 5.41 Å². The minimum absolute atomic E-state index is 0.000856. The Hall–Kier alpha value is -3.22. The Morgan fingerprint density at radius 2 is 2.21 bits per heavy atom. The van der Waals surface area contributed by atoms with E-state index in [0.717, 1.165) is 41.8 Å². The summed E-state index contributed by atoms with van der Waals surface area (Å²) in [6.45, 7) is 5.02. The van der Waals surface area contributed by atoms with Gasteiger partial charge in [-0.1, -0.05) is 19.9 Å². The minimum atomic E-state index is -1.06. The van der Waals surface area contributed by atoms with E-state index >= 15 is 0 Å². The first kappa shape index (κ1) is 18.2. The summed E-state index contributed by atoms with van der Waals surface area (Å²) in [6.07, 6.45) is 6.43. The van der Waals surface area contributed by atoms with Crippen LogP contribution in [0.3, 0.4) is 0 Å². The number of aromatic carboxylic acids is 1. The molecule has 3 N–H and O–H groups in total. The summed E-state index contributed by atoms with van der Waals surface area (Å²) in [4.78, 5) is 19.9. The Morgan fingerprint density at radius 1 is 1.36 bits per heavy atom. The fourth-order valence-electron chi connectivity index (χ4n) is 3.65. The lowest BCUT2D eigenvalue weighted by Gasteiger charge is -2.29. The number of nitrogens with one attached hydrogen (secondary N) is 2. The molecule has 1 aliphatic rings. The quantitative estimate of drug-likeness (QED) is 0.626. The van der Waals surface area contributed by atoms with Crippen molar-refractivity contribution in [1.82, 2.24) is 20.2 Å². The number of carboxylic acids is 1. The number of rotatable bonds is 5. The molecule has 0 unspecified atom stereocenters. The van der Waals surface area contributed by atoms with E-state index in [1.165, 1.54) is 5.56 Å². The van der Waals surface area contributed by atoms with Gasteiger partial charge in [0.15, 0.2) is 5.69 Å². The number of carbonyl (C=O) groups is 1. The van der Waals surface area contributed by atoms with Gasteiger partial charge < -0.3 is 10.4 Å². The van der Waals surface area contributed by atoms with Crippen molar-refractivity contribution in [3.8, 4) is 11.3 Å². The van der Waals surface area contributed by atoms with Crippen molar-refractivity contribution >= 4 is 11.8 Å². The summed E-state index contributed by atoms with van der Waals surface area (Å²) in [5.41, 5.74) is 5.14. The standard InChI is InChI=1S/C21H23N5O2/c1-21(2)6-5-15-17(10-21)25-26-19(15)14-8-16(20(27)28)24-18(9-14)23-12-13-4-3-7-22-11-13/h3-4,7-9,11H,5-6,10,12H2,1-2H3,(H,23,24)(H,25,26)(H,27,28). The topological polar surface area (TPSA) is 104 Å². The molecule has 0 radical (unpaired) electrons. The summed E-state index contributed by atoms with van der Waals surface area (Å²) in [7, 11) is 0. The van der Waals surface area contributed by atoms with Crippen LogP contribution in [0.1, 0.15) is 47.6 Å². The largest absolute Gasteiger partial charge is 0.477 e. The van der Waals surface area contributed by atoms with Gasteiger partial charge in [-0.3, -0.25) is 10.1 Å². The van der Waals surface area contributed by atoms with Crippen LogP contribution in [0.4, 0.5) is 5.82 Å². The van der Waals surface area contributed by atoms with E-state index in [9.17, 15) is 9.90 Å². The number of pyridine rings is 2. The van der Waals surface area contributed by atoms with Crippen LogP contribution >= 0.6 is 0 Å². The third-order valence-electron chi connectivity index (χ3n) is 5.17. The average molecular weight is 377 g/mol. The third-order valence-corrected chi connectivity index (χ3v) is 5.17. The molecule has 7 nitrogen and oxygen atoms in total. The van der Waals surface area contributed by atoms with E-state index in [1.807, 2.05) is 18.2 Å². The van der Waals surface area contributed by atoms with Crippen LogP contribution in [0.2, 0.25) is 0 Å². The highest BCUT2D eigenvalue weighted by Crippen LogP contribution is 2.38. The predicted molar refractivity (Wildman–Crippen MR) is 106 cm³/mol. The van der Waals surface area contributed by atoms with Gasteiger partial charge in [-0.15, -0.1) is 0 Å². The highest BCUT2D eigenvalue weighted by molar-refractivity contribution is 5.88. The second kappa shape index (κ2) is 7.07. The van der Waals surface area contributed by atoms with Crippen molar-refractivity contribution in [1.29, 1.82) is 0 Å². The van der Waals surface area contributed by atoms with Crippen molar-refractivity contribution < 1.29 is 9.90 Å². The molecule has 0 aromatic carbocycles. The molecule has 7 heteroatoms. The number of anilines is 1. The molecule has 3 heterocycles. The summed E-state index contributed by atoms with van der Waals surface area (Å²) < 4.78 is 0. The van der Waals surface area contributed by atoms with Crippen LogP contribution in [0.5, 0.6) is 0 Å². The summed E-state index contributed by atoms with van der Waals surface area (Å²) in [6, 6.07) is 7.27. The second-order valence-electron chi connectivity index (χ2n) is 8.02. The fraction of sp³-hybridized carbons (Fsp3) is 0.333. The number of fused-ring (bicyclic) bond motifs is 1. The Labute approximate surface area is 163 Å². The maximum absolute atomic E-state index is 11.6. The lowest BCUT2D eigenvalue weighted by Crippen LogP contribution is -2.21. The van der Waals surface area contributed by atoms with Gasteiger partial charge in [-0.05, 0) is 48.4 Å². The number of nitrogens with zero attached hydrogens (tertiary/aromatic N) is 3. The van der Waals surface area contributed by atoms with E-state index in [0.29, 0.717) is 12.4 Å². The molecule has 0 bridgehead atoms. The number of hydrogen-bond acceptors (Lipinski definition) is 5. The third kappa shape index (κ3) is 3.74. The van der Waals surface area contributed by atoms with E-state index < -0.39 is 5.97 Å². The summed E-state index contributed by atoms with van der Waals surface area (Å²) in [5.74, 6) is -0.552. The zero-order valence-corrected chi connectivity index (χ0v) is 16.0. The SMILES string of the molecule is CC1(C)CCc2c(-c3cc(NCc4cccnc4)nc(C(=O)O)c3)n[nH]c2C1. The Balaban J connectivity index is 1.67. The molecule has 1 aliphatic carbocycles. The number of carboxylic acid groups (broad SMARTS) is 1. The first-order chi connectivity index (χ1) is 13.4. The van der Waals surface area contributed by atoms with Crippen LogP contribution in [-0.4, -0.2) is 31.2 Å². The monoisotopic (exact) mass is 377 g/mol. The first-order valence-electron chi connectivity index (χ1n) is 9.36. The maximum atomic E-state index is 11.6. The zero-order chi connectivity index (χ0) is 19.7. The van der Waals surface area contributed by atoms with E-state index in [4.69, 9.17) is 0 Å². The Morgan fingerprint density at radius 3 is 2.96 bits per heavy atom. The lowest BCUT2D eigenvalue weighted by molar-refractivity contribution is 0.0690. The van der Waals surface area contributed by atoms with Gasteiger partial charge >= 0.3 is 5.97 Å². The molecule has 0 aliphatic heterocycles. The van der Waals surface area contributed by atoms with Gasteiger partial charge in [-0.25, -0.2) is 9.78 Å². The van der Waals surface area contributed by atoms with Crippen molar-refractivity contribution in [3.05, 3.63) is 59.2 Å². The van der Waals surface area contributed by atoms with Gasteiger partial charge in [0.1, 0.15) is 5.82 Å². The minimum Gasteiger partial charge on any atom is -0.477 e. The highest BCUT2D eigenvalue weighted by atomic mass is 16.4. The Bertz CT molecular complexity index is 1010. The van der Waals surface area contributed by atoms with Crippen LogP contribution in [0.25, 0.3) is 11.3 Å². The molecule has 3 aromatic rings. The lowest BCUT2D eigenvalue weighted by atomic mass is 9.76. The zero-order valence-electron chi connectivity index (χ0n) is 16.0. The summed E-state index contributed by atoms with van der Waals surface area (Å²) in [5, 5.41) is 20.4. The second-order valence-corrected chi connectivity index (χ2v) is 8.02. The van der Waals surface area contributed by atoms with Crippen LogP contribution < -0.4 is 5.32 Å². The average Bonchev–Trinajstić information content (AvgIpc) is 3.08. The molecule has 28 heavy (non-hydrogen) atoms. The molecular weight excluding hydrogens is 354 g/mol. The highest BCUT2D eigenvalue weighted by Gasteiger charge is 2.29. The number of hydrogen-bond donors (Lipinski definition) is 3. The molecule has 144 valence electrons. The van der Waals surface area contributed by atoms with Gasteiger partial charge in [0.05, 0.1) is 5.69 Å². The number of aromatic amines is 1. The molecule has 0 saturated heterocycles. The number of H-pyrrole nitrogens is 1. The molecule has 0 atom stereocenters. The van der Waals surface area contributed by atoms with Crippen LogP contribution in [0.15, 0.2) is 36.7 Å².